The normalized spacial score (nSPS) is 22.1. The van der Waals surface area contributed by atoms with Crippen LogP contribution in [0.4, 0.5) is 5.95 Å². The van der Waals surface area contributed by atoms with Gasteiger partial charge in [-0.2, -0.15) is 0 Å². The number of anilines is 1. The Bertz CT molecular complexity index is 765. The Kier molecular flexibility index (Phi) is 4.29. The highest BCUT2D eigenvalue weighted by Crippen LogP contribution is 2.27. The number of benzene rings is 1. The molecule has 1 aromatic carbocycles. The Hall–Kier alpha value is -2.03. The van der Waals surface area contributed by atoms with Crippen molar-refractivity contribution in [3.63, 3.8) is 0 Å². The molecule has 0 spiro atoms. The Labute approximate surface area is 135 Å². The molecule has 2 N–H and O–H groups in total. The van der Waals surface area contributed by atoms with E-state index in [1.165, 1.54) is 12.4 Å². The maximum atomic E-state index is 11.3. The van der Waals surface area contributed by atoms with Crippen molar-refractivity contribution >= 4 is 16.0 Å². The minimum atomic E-state index is -3.78. The molecule has 23 heavy (non-hydrogen) atoms. The molecule has 2 atom stereocenters. The lowest BCUT2D eigenvalue weighted by Crippen LogP contribution is -2.43. The van der Waals surface area contributed by atoms with Gasteiger partial charge in [-0.05, 0) is 12.5 Å². The molecule has 0 saturated carbocycles. The first-order valence-electron chi connectivity index (χ1n) is 7.23. The minimum absolute atomic E-state index is 0.00970. The lowest BCUT2D eigenvalue weighted by molar-refractivity contribution is -0.0178. The molecule has 1 fully saturated rings. The SMILES string of the molecule is C[C@@H]1CN(c2ncc(S(N)(=O)=O)cn2)C[C@H](c2ccccc2)O1. The summed E-state index contributed by atoms with van der Waals surface area (Å²) < 4.78 is 28.5. The molecular formula is C15H18N4O3S. The lowest BCUT2D eigenvalue weighted by Gasteiger charge is -2.37. The molecule has 0 radical (unpaired) electrons. The number of nitrogens with two attached hydrogens (primary N) is 1. The van der Waals surface area contributed by atoms with Gasteiger partial charge in [0.05, 0.1) is 25.0 Å². The van der Waals surface area contributed by atoms with Gasteiger partial charge in [0.1, 0.15) is 11.0 Å². The summed E-state index contributed by atoms with van der Waals surface area (Å²) in [5.74, 6) is 0.466. The van der Waals surface area contributed by atoms with Gasteiger partial charge in [0.2, 0.25) is 16.0 Å². The number of morpholine rings is 1. The number of nitrogens with zero attached hydrogens (tertiary/aromatic N) is 3. The summed E-state index contributed by atoms with van der Waals surface area (Å²) >= 11 is 0. The van der Waals surface area contributed by atoms with E-state index in [0.29, 0.717) is 19.0 Å². The van der Waals surface area contributed by atoms with Crippen LogP contribution < -0.4 is 10.0 Å². The van der Waals surface area contributed by atoms with Crippen LogP contribution in [0, 0.1) is 0 Å². The highest BCUT2D eigenvalue weighted by atomic mass is 32.2. The van der Waals surface area contributed by atoms with E-state index >= 15 is 0 Å². The van der Waals surface area contributed by atoms with Crippen LogP contribution in [0.1, 0.15) is 18.6 Å². The average molecular weight is 334 g/mol. The third kappa shape index (κ3) is 3.66. The van der Waals surface area contributed by atoms with Crippen LogP contribution in [0.2, 0.25) is 0 Å². The molecule has 7 nitrogen and oxygen atoms in total. The first kappa shape index (κ1) is 15.9. The molecule has 2 aromatic rings. The maximum absolute atomic E-state index is 11.3. The zero-order valence-electron chi connectivity index (χ0n) is 12.7. The lowest BCUT2D eigenvalue weighted by atomic mass is 10.1. The molecule has 1 saturated heterocycles. The predicted molar refractivity (Wildman–Crippen MR) is 85.3 cm³/mol. The van der Waals surface area contributed by atoms with E-state index in [4.69, 9.17) is 9.88 Å². The van der Waals surface area contributed by atoms with E-state index in [1.807, 2.05) is 42.2 Å². The molecular weight excluding hydrogens is 316 g/mol. The van der Waals surface area contributed by atoms with E-state index in [1.54, 1.807) is 0 Å². The summed E-state index contributed by atoms with van der Waals surface area (Å²) in [6, 6.07) is 9.94. The van der Waals surface area contributed by atoms with Crippen molar-refractivity contribution in [2.45, 2.75) is 24.0 Å². The Morgan fingerprint density at radius 3 is 2.43 bits per heavy atom. The summed E-state index contributed by atoms with van der Waals surface area (Å²) in [6.45, 7) is 3.22. The number of primary sulfonamides is 1. The standard InChI is InChI=1S/C15H18N4O3S/c1-11-9-19(10-14(22-11)12-5-3-2-4-6-12)15-17-7-13(8-18-15)23(16,20)21/h2-8,11,14H,9-10H2,1H3,(H2,16,20,21)/t11-,14-/m1/s1. The van der Waals surface area contributed by atoms with E-state index in [9.17, 15) is 8.42 Å². The van der Waals surface area contributed by atoms with Crippen molar-refractivity contribution in [2.24, 2.45) is 5.14 Å². The molecule has 0 bridgehead atoms. The van der Waals surface area contributed by atoms with Crippen LogP contribution >= 0.6 is 0 Å². The fraction of sp³-hybridized carbons (Fsp3) is 0.333. The fourth-order valence-corrected chi connectivity index (χ4v) is 2.99. The van der Waals surface area contributed by atoms with Gasteiger partial charge in [0.25, 0.3) is 0 Å². The Morgan fingerprint density at radius 2 is 1.83 bits per heavy atom. The van der Waals surface area contributed by atoms with Crippen LogP contribution in [0.15, 0.2) is 47.6 Å². The first-order chi connectivity index (χ1) is 10.9. The van der Waals surface area contributed by atoms with Gasteiger partial charge < -0.3 is 9.64 Å². The largest absolute Gasteiger partial charge is 0.367 e. The number of aromatic nitrogens is 2. The smallest absolute Gasteiger partial charge is 0.241 e. The van der Waals surface area contributed by atoms with E-state index in [2.05, 4.69) is 9.97 Å². The van der Waals surface area contributed by atoms with Crippen molar-refractivity contribution in [2.75, 3.05) is 18.0 Å². The maximum Gasteiger partial charge on any atom is 0.241 e. The number of hydrogen-bond acceptors (Lipinski definition) is 6. The topological polar surface area (TPSA) is 98.4 Å². The summed E-state index contributed by atoms with van der Waals surface area (Å²) in [6.07, 6.45) is 2.39. The molecule has 8 heteroatoms. The summed E-state index contributed by atoms with van der Waals surface area (Å²) in [5, 5.41) is 5.06. The Balaban J connectivity index is 1.82. The van der Waals surface area contributed by atoms with Gasteiger partial charge in [0, 0.05) is 6.54 Å². The molecule has 1 aromatic heterocycles. The van der Waals surface area contributed by atoms with Crippen molar-refractivity contribution < 1.29 is 13.2 Å². The second-order valence-electron chi connectivity index (χ2n) is 5.51. The van der Waals surface area contributed by atoms with Gasteiger partial charge >= 0.3 is 0 Å². The van der Waals surface area contributed by atoms with Crippen molar-refractivity contribution in [3.8, 4) is 0 Å². The van der Waals surface area contributed by atoms with E-state index < -0.39 is 10.0 Å². The highest BCUT2D eigenvalue weighted by Gasteiger charge is 2.28. The number of rotatable bonds is 3. The zero-order valence-corrected chi connectivity index (χ0v) is 13.5. The van der Waals surface area contributed by atoms with Crippen molar-refractivity contribution in [3.05, 3.63) is 48.3 Å². The fourth-order valence-electron chi connectivity index (χ4n) is 2.59. The van der Waals surface area contributed by atoms with Crippen LogP contribution in [0.25, 0.3) is 0 Å². The molecule has 1 aliphatic heterocycles. The highest BCUT2D eigenvalue weighted by molar-refractivity contribution is 7.89. The third-order valence-electron chi connectivity index (χ3n) is 3.66. The van der Waals surface area contributed by atoms with Crippen molar-refractivity contribution in [1.82, 2.24) is 9.97 Å². The summed E-state index contributed by atoms with van der Waals surface area (Å²) in [4.78, 5) is 10.2. The molecule has 1 aliphatic rings. The van der Waals surface area contributed by atoms with Gasteiger partial charge in [-0.1, -0.05) is 30.3 Å². The molecule has 0 unspecified atom stereocenters. The quantitative estimate of drug-likeness (QED) is 0.902. The summed E-state index contributed by atoms with van der Waals surface area (Å²) in [5.41, 5.74) is 1.09. The summed E-state index contributed by atoms with van der Waals surface area (Å²) in [7, 11) is -3.78. The monoisotopic (exact) mass is 334 g/mol. The van der Waals surface area contributed by atoms with Gasteiger partial charge in [-0.15, -0.1) is 0 Å². The number of sulfonamides is 1. The zero-order chi connectivity index (χ0) is 16.4. The van der Waals surface area contributed by atoms with E-state index in [0.717, 1.165) is 5.56 Å². The second kappa shape index (κ2) is 6.23. The predicted octanol–water partition coefficient (Wildman–Crippen LogP) is 1.09. The number of ether oxygens (including phenoxy) is 1. The van der Waals surface area contributed by atoms with Crippen LogP contribution in [-0.2, 0) is 14.8 Å². The van der Waals surface area contributed by atoms with Crippen LogP contribution in [0.5, 0.6) is 0 Å². The van der Waals surface area contributed by atoms with Gasteiger partial charge in [-0.3, -0.25) is 0 Å². The molecule has 122 valence electrons. The molecule has 0 aliphatic carbocycles. The first-order valence-corrected chi connectivity index (χ1v) is 8.78. The second-order valence-corrected chi connectivity index (χ2v) is 7.08. The Morgan fingerprint density at radius 1 is 1.17 bits per heavy atom. The average Bonchev–Trinajstić information content (AvgIpc) is 2.54. The molecule has 3 rings (SSSR count). The van der Waals surface area contributed by atoms with Gasteiger partial charge in [-0.25, -0.2) is 23.5 Å². The van der Waals surface area contributed by atoms with Gasteiger partial charge in [0.15, 0.2) is 0 Å². The molecule has 2 heterocycles. The molecule has 0 amide bonds. The van der Waals surface area contributed by atoms with Crippen LogP contribution in [0.3, 0.4) is 0 Å². The van der Waals surface area contributed by atoms with Crippen molar-refractivity contribution in [1.29, 1.82) is 0 Å². The third-order valence-corrected chi connectivity index (χ3v) is 4.53. The van der Waals surface area contributed by atoms with E-state index in [-0.39, 0.29) is 17.1 Å². The minimum Gasteiger partial charge on any atom is -0.367 e. The number of hydrogen-bond donors (Lipinski definition) is 1. The van der Waals surface area contributed by atoms with Crippen LogP contribution in [-0.4, -0.2) is 37.6 Å².